The zero-order chi connectivity index (χ0) is 14.6. The SMILES string of the molecule is Bc1cc(C)c(/C(=C\CC)CC(N)C(=C)C)c(N)c1. The second-order valence-corrected chi connectivity index (χ2v) is 5.34. The molecule has 0 amide bonds. The van der Waals surface area contributed by atoms with Crippen LogP contribution in [-0.4, -0.2) is 13.9 Å². The van der Waals surface area contributed by atoms with E-state index in [0.29, 0.717) is 0 Å². The van der Waals surface area contributed by atoms with Gasteiger partial charge < -0.3 is 11.5 Å². The summed E-state index contributed by atoms with van der Waals surface area (Å²) in [5.74, 6) is 0. The summed E-state index contributed by atoms with van der Waals surface area (Å²) in [7, 11) is 2.07. The topological polar surface area (TPSA) is 52.0 Å². The van der Waals surface area contributed by atoms with Gasteiger partial charge in [0.1, 0.15) is 7.85 Å². The zero-order valence-electron chi connectivity index (χ0n) is 12.6. The maximum atomic E-state index is 6.20. The minimum atomic E-state index is -0.0158. The number of aryl methyl sites for hydroxylation is 1. The molecule has 0 saturated heterocycles. The Kier molecular flexibility index (Phi) is 5.43. The molecular weight excluding hydrogens is 231 g/mol. The number of nitrogens with two attached hydrogens (primary N) is 2. The predicted octanol–water partition coefficient (Wildman–Crippen LogP) is 1.92. The Balaban J connectivity index is 3.21. The molecule has 2 nitrogen and oxygen atoms in total. The van der Waals surface area contributed by atoms with Crippen LogP contribution < -0.4 is 16.9 Å². The van der Waals surface area contributed by atoms with E-state index < -0.39 is 0 Å². The normalized spacial score (nSPS) is 13.4. The van der Waals surface area contributed by atoms with Crippen LogP contribution in [0.2, 0.25) is 0 Å². The molecule has 4 N–H and O–H groups in total. The Morgan fingerprint density at radius 1 is 1.47 bits per heavy atom. The van der Waals surface area contributed by atoms with E-state index >= 15 is 0 Å². The summed E-state index contributed by atoms with van der Waals surface area (Å²) in [6.07, 6.45) is 3.99. The van der Waals surface area contributed by atoms with E-state index in [1.807, 2.05) is 13.0 Å². The van der Waals surface area contributed by atoms with Crippen LogP contribution in [0.25, 0.3) is 5.57 Å². The first-order chi connectivity index (χ1) is 8.86. The molecule has 0 spiro atoms. The van der Waals surface area contributed by atoms with Gasteiger partial charge in [0.15, 0.2) is 0 Å². The van der Waals surface area contributed by atoms with Crippen LogP contribution in [0.15, 0.2) is 30.4 Å². The van der Waals surface area contributed by atoms with Crippen LogP contribution in [0.3, 0.4) is 0 Å². The predicted molar refractivity (Wildman–Crippen MR) is 89.4 cm³/mol. The molecule has 0 aliphatic carbocycles. The summed E-state index contributed by atoms with van der Waals surface area (Å²) in [6, 6.07) is 4.18. The quantitative estimate of drug-likeness (QED) is 0.480. The Hall–Kier alpha value is -1.48. The summed E-state index contributed by atoms with van der Waals surface area (Å²) in [4.78, 5) is 0. The van der Waals surface area contributed by atoms with Gasteiger partial charge in [0, 0.05) is 17.3 Å². The van der Waals surface area contributed by atoms with Gasteiger partial charge in [0.05, 0.1) is 0 Å². The van der Waals surface area contributed by atoms with Crippen molar-refractivity contribution in [1.29, 1.82) is 0 Å². The highest BCUT2D eigenvalue weighted by atomic mass is 14.6. The van der Waals surface area contributed by atoms with Crippen molar-refractivity contribution in [3.05, 3.63) is 41.5 Å². The molecule has 0 saturated carbocycles. The molecule has 1 rings (SSSR count). The van der Waals surface area contributed by atoms with E-state index in [0.717, 1.165) is 29.7 Å². The standard InChI is InChI=1S/C16H25BN2/c1-5-6-12(8-14(18)10(2)3)16-11(4)7-13(17)9-15(16)19/h6-7,9,14H,2,5,8,17-19H2,1,3-4H3/b12-6-. The van der Waals surface area contributed by atoms with Gasteiger partial charge in [-0.2, -0.15) is 0 Å². The Bertz CT molecular complexity index is 480. The van der Waals surface area contributed by atoms with Gasteiger partial charge in [0.2, 0.25) is 0 Å². The average Bonchev–Trinajstić information content (AvgIpc) is 2.27. The van der Waals surface area contributed by atoms with Crippen molar-refractivity contribution >= 4 is 24.6 Å². The summed E-state index contributed by atoms with van der Waals surface area (Å²) >= 11 is 0. The lowest BCUT2D eigenvalue weighted by atomic mass is 9.86. The number of nitrogen functional groups attached to an aromatic ring is 1. The molecule has 0 aromatic heterocycles. The van der Waals surface area contributed by atoms with Crippen molar-refractivity contribution in [1.82, 2.24) is 0 Å². The van der Waals surface area contributed by atoms with E-state index in [4.69, 9.17) is 11.5 Å². The summed E-state index contributed by atoms with van der Waals surface area (Å²) in [5, 5.41) is 0. The number of hydrogen-bond acceptors (Lipinski definition) is 2. The smallest absolute Gasteiger partial charge is 0.139 e. The molecule has 1 atom stereocenters. The molecule has 1 unspecified atom stereocenters. The molecule has 0 aliphatic heterocycles. The third-order valence-electron chi connectivity index (χ3n) is 3.35. The second-order valence-electron chi connectivity index (χ2n) is 5.34. The monoisotopic (exact) mass is 256 g/mol. The second kappa shape index (κ2) is 6.62. The summed E-state index contributed by atoms with van der Waals surface area (Å²) < 4.78 is 0. The summed E-state index contributed by atoms with van der Waals surface area (Å²) in [5.41, 5.74) is 19.0. The minimum Gasteiger partial charge on any atom is -0.398 e. The first-order valence-corrected chi connectivity index (χ1v) is 6.83. The Labute approximate surface area is 118 Å². The number of benzene rings is 1. The zero-order valence-corrected chi connectivity index (χ0v) is 12.6. The third-order valence-corrected chi connectivity index (χ3v) is 3.35. The van der Waals surface area contributed by atoms with Gasteiger partial charge in [-0.1, -0.05) is 36.7 Å². The highest BCUT2D eigenvalue weighted by Crippen LogP contribution is 2.29. The molecule has 0 fully saturated rings. The van der Waals surface area contributed by atoms with Crippen molar-refractivity contribution in [3.63, 3.8) is 0 Å². The molecule has 1 aromatic carbocycles. The highest BCUT2D eigenvalue weighted by molar-refractivity contribution is 6.32. The average molecular weight is 256 g/mol. The van der Waals surface area contributed by atoms with Gasteiger partial charge in [-0.15, -0.1) is 0 Å². The maximum absolute atomic E-state index is 6.20. The molecular formula is C16H25BN2. The van der Waals surface area contributed by atoms with E-state index in [2.05, 4.69) is 40.4 Å². The van der Waals surface area contributed by atoms with Crippen LogP contribution in [0.4, 0.5) is 5.69 Å². The Morgan fingerprint density at radius 2 is 2.11 bits per heavy atom. The number of anilines is 1. The third kappa shape index (κ3) is 4.00. The van der Waals surface area contributed by atoms with Crippen molar-refractivity contribution in [2.75, 3.05) is 5.73 Å². The van der Waals surface area contributed by atoms with Gasteiger partial charge in [-0.3, -0.25) is 0 Å². The number of hydrogen-bond donors (Lipinski definition) is 2. The van der Waals surface area contributed by atoms with Crippen LogP contribution in [0.5, 0.6) is 0 Å². The fourth-order valence-electron chi connectivity index (χ4n) is 2.38. The van der Waals surface area contributed by atoms with E-state index in [1.54, 1.807) is 0 Å². The lowest BCUT2D eigenvalue weighted by Gasteiger charge is -2.19. The summed E-state index contributed by atoms with van der Waals surface area (Å²) in [6.45, 7) is 10.1. The van der Waals surface area contributed by atoms with Crippen LogP contribution in [0, 0.1) is 6.92 Å². The van der Waals surface area contributed by atoms with Crippen LogP contribution in [0.1, 0.15) is 37.8 Å². The van der Waals surface area contributed by atoms with Crippen LogP contribution >= 0.6 is 0 Å². The molecule has 0 aliphatic rings. The molecule has 0 heterocycles. The van der Waals surface area contributed by atoms with E-state index in [1.165, 1.54) is 16.6 Å². The Morgan fingerprint density at radius 3 is 2.58 bits per heavy atom. The highest BCUT2D eigenvalue weighted by Gasteiger charge is 2.13. The first-order valence-electron chi connectivity index (χ1n) is 6.83. The maximum Gasteiger partial charge on any atom is 0.139 e. The fourth-order valence-corrected chi connectivity index (χ4v) is 2.38. The fraction of sp³-hybridized carbons (Fsp3) is 0.375. The van der Waals surface area contributed by atoms with E-state index in [-0.39, 0.29) is 6.04 Å². The molecule has 19 heavy (non-hydrogen) atoms. The lowest BCUT2D eigenvalue weighted by Crippen LogP contribution is -2.21. The first kappa shape index (κ1) is 15.6. The van der Waals surface area contributed by atoms with Crippen molar-refractivity contribution in [2.24, 2.45) is 5.73 Å². The van der Waals surface area contributed by atoms with Crippen molar-refractivity contribution < 1.29 is 0 Å². The number of rotatable bonds is 5. The minimum absolute atomic E-state index is 0.0158. The molecule has 0 radical (unpaired) electrons. The van der Waals surface area contributed by atoms with Crippen molar-refractivity contribution in [3.8, 4) is 0 Å². The van der Waals surface area contributed by atoms with Crippen molar-refractivity contribution in [2.45, 2.75) is 39.7 Å². The van der Waals surface area contributed by atoms with Gasteiger partial charge in [-0.25, -0.2) is 0 Å². The number of allylic oxidation sites excluding steroid dienone is 1. The van der Waals surface area contributed by atoms with Gasteiger partial charge in [-0.05, 0) is 43.9 Å². The molecule has 3 heteroatoms. The molecule has 102 valence electrons. The van der Waals surface area contributed by atoms with Gasteiger partial charge in [0.25, 0.3) is 0 Å². The van der Waals surface area contributed by atoms with Crippen LogP contribution in [-0.2, 0) is 0 Å². The van der Waals surface area contributed by atoms with E-state index in [9.17, 15) is 0 Å². The molecule has 1 aromatic rings. The molecule has 0 bridgehead atoms. The van der Waals surface area contributed by atoms with Gasteiger partial charge >= 0.3 is 0 Å². The largest absolute Gasteiger partial charge is 0.398 e. The lowest BCUT2D eigenvalue weighted by molar-refractivity contribution is 0.795.